The molecule has 2 fully saturated rings. The van der Waals surface area contributed by atoms with E-state index in [-0.39, 0.29) is 57.2 Å². The van der Waals surface area contributed by atoms with E-state index in [0.717, 1.165) is 85.4 Å². The number of piperidine rings is 1. The second-order valence-electron chi connectivity index (χ2n) is 22.5. The number of aliphatic hydroxyl groups excluding tert-OH is 1. The lowest BCUT2D eigenvalue weighted by Gasteiger charge is -2.35. The highest BCUT2D eigenvalue weighted by molar-refractivity contribution is 7.13. The van der Waals surface area contributed by atoms with Crippen molar-refractivity contribution in [1.29, 1.82) is 0 Å². The molecule has 0 saturated carbocycles. The summed E-state index contributed by atoms with van der Waals surface area (Å²) in [5.74, 6) is 0.00420. The van der Waals surface area contributed by atoms with E-state index in [1.54, 1.807) is 11.3 Å². The first-order valence-electron chi connectivity index (χ1n) is 29.4. The molecule has 23 heteroatoms. The highest BCUT2D eigenvalue weighted by Gasteiger charge is 2.44. The van der Waals surface area contributed by atoms with Crippen LogP contribution < -0.4 is 26.4 Å². The number of amides is 4. The number of fused-ring (bicyclic) bond motifs is 1. The number of carbonyl (C=O) groups excluding carboxylic acids is 4. The van der Waals surface area contributed by atoms with Gasteiger partial charge in [0.25, 0.3) is 0 Å². The number of nitrogens with two attached hydrogens (primary N) is 1. The van der Waals surface area contributed by atoms with Crippen molar-refractivity contribution in [1.82, 2.24) is 45.2 Å². The molecular formula is C62H83N11O11S. The normalized spacial score (nSPS) is 16.2. The zero-order valence-corrected chi connectivity index (χ0v) is 50.4. The van der Waals surface area contributed by atoms with Gasteiger partial charge in [-0.25, -0.2) is 19.6 Å². The van der Waals surface area contributed by atoms with Crippen molar-refractivity contribution in [2.75, 3.05) is 103 Å². The molecule has 0 aliphatic carbocycles. The number of aliphatic hydroxyl groups is 1. The second-order valence-corrected chi connectivity index (χ2v) is 23.3. The van der Waals surface area contributed by atoms with Gasteiger partial charge in [0, 0.05) is 51.7 Å². The Bertz CT molecular complexity index is 3090. The number of nitrogen functional groups attached to an aromatic ring is 1. The first-order chi connectivity index (χ1) is 41.1. The van der Waals surface area contributed by atoms with Gasteiger partial charge in [-0.1, -0.05) is 76.1 Å². The molecule has 2 aliphatic heterocycles. The van der Waals surface area contributed by atoms with E-state index < -0.39 is 35.4 Å². The molecule has 2 aliphatic rings. The zero-order valence-electron chi connectivity index (χ0n) is 49.6. The van der Waals surface area contributed by atoms with Crippen molar-refractivity contribution in [3.63, 3.8) is 0 Å². The van der Waals surface area contributed by atoms with Gasteiger partial charge in [0.05, 0.1) is 92.2 Å². The van der Waals surface area contributed by atoms with Gasteiger partial charge in [0.1, 0.15) is 42.3 Å². The third-order valence-electron chi connectivity index (χ3n) is 14.9. The number of para-hydroxylation sites is 1. The summed E-state index contributed by atoms with van der Waals surface area (Å²) in [4.78, 5) is 70.9. The molecule has 22 nitrogen and oxygen atoms in total. The summed E-state index contributed by atoms with van der Waals surface area (Å²) in [6, 6.07) is 21.2. The van der Waals surface area contributed by atoms with Crippen LogP contribution in [-0.2, 0) is 49.4 Å². The molecule has 0 radical (unpaired) electrons. The summed E-state index contributed by atoms with van der Waals surface area (Å²) in [6.07, 6.45) is 6.93. The van der Waals surface area contributed by atoms with Crippen molar-refractivity contribution in [3.8, 4) is 33.2 Å². The second kappa shape index (κ2) is 32.0. The van der Waals surface area contributed by atoms with Crippen LogP contribution in [0.5, 0.6) is 11.5 Å². The van der Waals surface area contributed by atoms with Gasteiger partial charge in [-0.05, 0) is 86.0 Å². The van der Waals surface area contributed by atoms with Crippen LogP contribution in [0.4, 0.5) is 11.5 Å². The average molecular weight is 1190 g/mol. The first kappa shape index (κ1) is 64.0. The van der Waals surface area contributed by atoms with Gasteiger partial charge in [0.2, 0.25) is 23.6 Å². The lowest BCUT2D eigenvalue weighted by atomic mass is 9.85. The number of ether oxygens (including phenoxy) is 6. The number of carbonyl (C=O) groups is 4. The maximum absolute atomic E-state index is 14.0. The predicted molar refractivity (Wildman–Crippen MR) is 325 cm³/mol. The number of hydrogen-bond donors (Lipinski definition) is 5. The summed E-state index contributed by atoms with van der Waals surface area (Å²) in [5.41, 5.74) is 13.1. The number of benzene rings is 3. The predicted octanol–water partition coefficient (Wildman–Crippen LogP) is 7.35. The van der Waals surface area contributed by atoms with E-state index in [9.17, 15) is 24.3 Å². The fraction of sp³-hybridized carbons (Fsp3) is 0.516. The van der Waals surface area contributed by atoms with Crippen LogP contribution >= 0.6 is 11.3 Å². The van der Waals surface area contributed by atoms with E-state index in [2.05, 4.69) is 35.8 Å². The molecule has 3 atom stereocenters. The summed E-state index contributed by atoms with van der Waals surface area (Å²) < 4.78 is 36.3. The smallest absolute Gasteiger partial charge is 0.246 e. The maximum Gasteiger partial charge on any atom is 0.246 e. The largest absolute Gasteiger partial charge is 0.455 e. The van der Waals surface area contributed by atoms with Crippen LogP contribution in [0.1, 0.15) is 89.9 Å². The summed E-state index contributed by atoms with van der Waals surface area (Å²) in [6.45, 7) is 15.6. The summed E-state index contributed by atoms with van der Waals surface area (Å²) in [5, 5.41) is 25.0. The summed E-state index contributed by atoms with van der Waals surface area (Å²) >= 11 is 1.57. The molecule has 6 aromatic rings. The number of likely N-dealkylation sites (tertiary alicyclic amines) is 2. The van der Waals surface area contributed by atoms with Crippen molar-refractivity contribution in [3.05, 3.63) is 95.9 Å². The Morgan fingerprint density at radius 2 is 1.46 bits per heavy atom. The molecule has 8 rings (SSSR count). The average Bonchev–Trinajstić information content (AvgIpc) is 4.38. The minimum atomic E-state index is -0.963. The van der Waals surface area contributed by atoms with Crippen molar-refractivity contribution in [2.24, 2.45) is 5.41 Å². The monoisotopic (exact) mass is 1190 g/mol. The Labute approximate surface area is 501 Å². The molecule has 3 aromatic carbocycles. The summed E-state index contributed by atoms with van der Waals surface area (Å²) in [7, 11) is 0. The molecule has 3 aromatic heterocycles. The minimum Gasteiger partial charge on any atom is -0.455 e. The van der Waals surface area contributed by atoms with Gasteiger partial charge in [0.15, 0.2) is 11.4 Å². The Morgan fingerprint density at radius 1 is 0.800 bits per heavy atom. The minimum absolute atomic E-state index is 0.0158. The van der Waals surface area contributed by atoms with Crippen LogP contribution in [-0.4, -0.2) is 174 Å². The zero-order chi connectivity index (χ0) is 60.1. The van der Waals surface area contributed by atoms with Gasteiger partial charge >= 0.3 is 0 Å². The maximum atomic E-state index is 14.0. The van der Waals surface area contributed by atoms with E-state index in [4.69, 9.17) is 39.3 Å². The SMILES string of the molecule is CC(=O)Nc1cc(-c2nn(C3CCN(CCCCCCOCCOCCOCCOCCOCC(=O)N[C@H](C(=O)N4C[C@H](O)C[C@H]4C(=O)NCc4ccc(-c5scnc5C)cc4)C(C)(C)C)CC3)c3ncnc(N)c23)ccc1Oc1ccccc1. The van der Waals surface area contributed by atoms with Gasteiger partial charge < -0.3 is 65.0 Å². The first-order valence-corrected chi connectivity index (χ1v) is 30.3. The lowest BCUT2D eigenvalue weighted by molar-refractivity contribution is -0.144. The number of nitrogens with one attached hydrogen (secondary N) is 3. The Kier molecular flexibility index (Phi) is 24.1. The number of nitrogens with zero attached hydrogens (tertiary/aromatic N) is 7. The highest BCUT2D eigenvalue weighted by atomic mass is 32.1. The number of rotatable bonds is 32. The number of hydrogen-bond acceptors (Lipinski definition) is 18. The molecular weight excluding hydrogens is 1110 g/mol. The van der Waals surface area contributed by atoms with Crippen LogP contribution in [0, 0.1) is 12.3 Å². The number of β-amino-alcohol motifs (C(OH)–C–C–N with tert-alkyl or cyclic N) is 1. The standard InChI is InChI=1S/C62H83N11O11S/c1-42-56(85-41-67-42)45-17-15-44(16-18-45)37-64-60(77)51-36-48(75)38-72(51)61(78)57(62(3,4)5)69-53(76)39-83-34-33-82-32-31-81-30-29-80-28-27-79-26-12-7-6-11-23-71-24-21-47(22-25-71)73-59-54(58(63)65-40-66-59)55(70-73)46-19-20-52(50(35-46)68-43(2)74)84-49-13-9-8-10-14-49/h8-10,13-20,35,40-41,47-48,51,57,75H,6-7,11-12,21-34,36-39H2,1-5H3,(H,64,77)(H,68,74)(H,69,76)(H2,63,65,66)/t48-,51+,57-/m1/s1. The van der Waals surface area contributed by atoms with E-state index in [1.807, 2.05) is 111 Å². The van der Waals surface area contributed by atoms with Crippen LogP contribution in [0.25, 0.3) is 32.7 Å². The third kappa shape index (κ3) is 18.8. The number of aromatic nitrogens is 5. The number of unbranched alkanes of at least 4 members (excludes halogenated alkanes) is 3. The number of aryl methyl sites for hydroxylation is 1. The van der Waals surface area contributed by atoms with Crippen LogP contribution in [0.15, 0.2) is 84.6 Å². The molecule has 6 N–H and O–H groups in total. The third-order valence-corrected chi connectivity index (χ3v) is 15.9. The Morgan fingerprint density at radius 3 is 2.12 bits per heavy atom. The van der Waals surface area contributed by atoms with Gasteiger partial charge in [-0.3, -0.25) is 19.2 Å². The van der Waals surface area contributed by atoms with Crippen molar-refractivity contribution >= 4 is 57.5 Å². The fourth-order valence-corrected chi connectivity index (χ4v) is 11.2. The molecule has 2 saturated heterocycles. The molecule has 0 unspecified atom stereocenters. The van der Waals surface area contributed by atoms with Crippen LogP contribution in [0.2, 0.25) is 0 Å². The highest BCUT2D eigenvalue weighted by Crippen LogP contribution is 2.39. The molecule has 85 heavy (non-hydrogen) atoms. The van der Waals surface area contributed by atoms with E-state index >= 15 is 0 Å². The van der Waals surface area contributed by atoms with E-state index in [1.165, 1.54) is 18.2 Å². The molecule has 5 heterocycles. The van der Waals surface area contributed by atoms with Crippen molar-refractivity contribution < 1.29 is 52.7 Å². The number of anilines is 2. The van der Waals surface area contributed by atoms with E-state index in [0.29, 0.717) is 86.0 Å². The number of thiazole rings is 1. The van der Waals surface area contributed by atoms with Gasteiger partial charge in [-0.2, -0.15) is 5.10 Å². The lowest BCUT2D eigenvalue weighted by Crippen LogP contribution is -2.58. The fourth-order valence-electron chi connectivity index (χ4n) is 10.4. The van der Waals surface area contributed by atoms with Gasteiger partial charge in [-0.15, -0.1) is 11.3 Å². The Hall–Kier alpha value is -6.96. The molecule has 0 bridgehead atoms. The quantitative estimate of drug-likeness (QED) is 0.0258. The topological polar surface area (TPSA) is 269 Å². The molecule has 458 valence electrons. The molecule has 4 amide bonds. The molecule has 0 spiro atoms. The Balaban J connectivity index is 0.619. The van der Waals surface area contributed by atoms with Crippen molar-refractivity contribution in [2.45, 2.75) is 110 Å². The van der Waals surface area contributed by atoms with Crippen LogP contribution in [0.3, 0.4) is 0 Å².